The van der Waals surface area contributed by atoms with E-state index >= 15 is 0 Å². The van der Waals surface area contributed by atoms with Crippen LogP contribution in [-0.4, -0.2) is 15.0 Å². The number of fused-ring (bicyclic) bond motifs is 1. The van der Waals surface area contributed by atoms with Crippen molar-refractivity contribution in [1.82, 2.24) is 15.0 Å². The first-order valence-corrected chi connectivity index (χ1v) is 8.39. The fraction of sp³-hybridized carbons (Fsp3) is 0.0500. The lowest BCUT2D eigenvalue weighted by molar-refractivity contribution is 0.628. The number of anilines is 2. The molecule has 0 radical (unpaired) electrons. The Morgan fingerprint density at radius 3 is 2.69 bits per heavy atom. The first kappa shape index (κ1) is 16.4. The third-order valence-electron chi connectivity index (χ3n) is 3.95. The number of rotatable bonds is 3. The number of pyridine rings is 1. The van der Waals surface area contributed by atoms with Gasteiger partial charge in [0, 0.05) is 29.0 Å². The van der Waals surface area contributed by atoms with Crippen LogP contribution >= 0.6 is 11.6 Å². The molecular formula is C20H14ClFN4. The highest BCUT2D eigenvalue weighted by Crippen LogP contribution is 2.29. The third-order valence-corrected chi connectivity index (χ3v) is 4.24. The van der Waals surface area contributed by atoms with Crippen LogP contribution in [0.25, 0.3) is 22.3 Å². The fourth-order valence-corrected chi connectivity index (χ4v) is 2.85. The number of benzene rings is 2. The zero-order valence-electron chi connectivity index (χ0n) is 13.9. The van der Waals surface area contributed by atoms with Crippen molar-refractivity contribution in [2.75, 3.05) is 5.32 Å². The molecule has 0 saturated carbocycles. The molecule has 0 spiro atoms. The third kappa shape index (κ3) is 3.21. The Morgan fingerprint density at radius 2 is 1.92 bits per heavy atom. The second-order valence-electron chi connectivity index (χ2n) is 5.91. The van der Waals surface area contributed by atoms with E-state index in [0.717, 1.165) is 22.0 Å². The Morgan fingerprint density at radius 1 is 1.04 bits per heavy atom. The van der Waals surface area contributed by atoms with Gasteiger partial charge < -0.3 is 5.32 Å². The summed E-state index contributed by atoms with van der Waals surface area (Å²) < 4.78 is 13.4. The highest BCUT2D eigenvalue weighted by atomic mass is 35.5. The normalized spacial score (nSPS) is 10.9. The molecule has 26 heavy (non-hydrogen) atoms. The molecule has 2 heterocycles. The quantitative estimate of drug-likeness (QED) is 0.518. The SMILES string of the molecule is Cc1ccc2c(Nc3ccc(F)c(Cl)c3)nc(-c3cccnc3)nc2c1. The number of hydrogen-bond donors (Lipinski definition) is 1. The highest BCUT2D eigenvalue weighted by Gasteiger charge is 2.11. The summed E-state index contributed by atoms with van der Waals surface area (Å²) in [7, 11) is 0. The summed E-state index contributed by atoms with van der Waals surface area (Å²) in [5, 5.41) is 4.14. The van der Waals surface area contributed by atoms with E-state index in [9.17, 15) is 4.39 Å². The summed E-state index contributed by atoms with van der Waals surface area (Å²) in [5.74, 6) is 0.722. The topological polar surface area (TPSA) is 50.7 Å². The van der Waals surface area contributed by atoms with E-state index in [0.29, 0.717) is 17.3 Å². The molecule has 4 aromatic rings. The summed E-state index contributed by atoms with van der Waals surface area (Å²) in [5.41, 5.74) is 3.38. The van der Waals surface area contributed by atoms with Gasteiger partial charge in [0.2, 0.25) is 0 Å². The summed E-state index contributed by atoms with van der Waals surface area (Å²) in [6.07, 6.45) is 3.42. The van der Waals surface area contributed by atoms with Crippen LogP contribution in [0.15, 0.2) is 60.9 Å². The minimum atomic E-state index is -0.462. The standard InChI is InChI=1S/C20H14ClFN4/c1-12-4-6-15-18(9-12)25-19(13-3-2-8-23-11-13)26-20(15)24-14-5-7-17(22)16(21)10-14/h2-11H,1H3,(H,24,25,26). The maximum atomic E-state index is 13.4. The molecule has 6 heteroatoms. The molecule has 0 aliphatic rings. The largest absolute Gasteiger partial charge is 0.340 e. The van der Waals surface area contributed by atoms with Crippen molar-refractivity contribution in [2.24, 2.45) is 0 Å². The van der Waals surface area contributed by atoms with Gasteiger partial charge in [0.05, 0.1) is 10.5 Å². The van der Waals surface area contributed by atoms with E-state index in [1.165, 1.54) is 12.1 Å². The minimum absolute atomic E-state index is 0.0525. The smallest absolute Gasteiger partial charge is 0.163 e. The van der Waals surface area contributed by atoms with Crippen molar-refractivity contribution in [3.63, 3.8) is 0 Å². The van der Waals surface area contributed by atoms with Crippen LogP contribution in [0.2, 0.25) is 5.02 Å². The van der Waals surface area contributed by atoms with Crippen molar-refractivity contribution in [3.8, 4) is 11.4 Å². The first-order valence-electron chi connectivity index (χ1n) is 8.01. The zero-order chi connectivity index (χ0) is 18.1. The molecule has 0 aliphatic carbocycles. The summed E-state index contributed by atoms with van der Waals surface area (Å²) >= 11 is 5.89. The Hall–Kier alpha value is -3.05. The van der Waals surface area contributed by atoms with Crippen molar-refractivity contribution in [3.05, 3.63) is 77.3 Å². The van der Waals surface area contributed by atoms with Gasteiger partial charge in [-0.25, -0.2) is 14.4 Å². The monoisotopic (exact) mass is 364 g/mol. The summed E-state index contributed by atoms with van der Waals surface area (Å²) in [4.78, 5) is 13.4. The maximum absolute atomic E-state index is 13.4. The lowest BCUT2D eigenvalue weighted by atomic mass is 10.1. The van der Waals surface area contributed by atoms with E-state index in [2.05, 4.69) is 20.3 Å². The van der Waals surface area contributed by atoms with Crippen LogP contribution in [-0.2, 0) is 0 Å². The average Bonchev–Trinajstić information content (AvgIpc) is 2.65. The van der Waals surface area contributed by atoms with E-state index in [4.69, 9.17) is 11.6 Å². The second-order valence-corrected chi connectivity index (χ2v) is 6.32. The van der Waals surface area contributed by atoms with Gasteiger partial charge in [-0.05, 0) is 55.0 Å². The van der Waals surface area contributed by atoms with Gasteiger partial charge in [-0.1, -0.05) is 17.7 Å². The number of aromatic nitrogens is 3. The van der Waals surface area contributed by atoms with Gasteiger partial charge in [0.1, 0.15) is 11.6 Å². The van der Waals surface area contributed by atoms with E-state index in [1.807, 2.05) is 37.3 Å². The molecule has 2 aromatic heterocycles. The van der Waals surface area contributed by atoms with Crippen molar-refractivity contribution in [2.45, 2.75) is 6.92 Å². The molecule has 0 amide bonds. The molecular weight excluding hydrogens is 351 g/mol. The minimum Gasteiger partial charge on any atom is -0.340 e. The molecule has 0 aliphatic heterocycles. The van der Waals surface area contributed by atoms with Crippen LogP contribution in [0.3, 0.4) is 0 Å². The number of nitrogens with one attached hydrogen (secondary N) is 1. The van der Waals surface area contributed by atoms with Crippen LogP contribution in [0.5, 0.6) is 0 Å². The molecule has 4 rings (SSSR count). The van der Waals surface area contributed by atoms with E-state index in [-0.39, 0.29) is 5.02 Å². The molecule has 0 bridgehead atoms. The first-order chi connectivity index (χ1) is 12.6. The Kier molecular flexibility index (Phi) is 4.22. The van der Waals surface area contributed by atoms with E-state index < -0.39 is 5.82 Å². The summed E-state index contributed by atoms with van der Waals surface area (Å²) in [6.45, 7) is 2.01. The number of nitrogens with zero attached hydrogens (tertiary/aromatic N) is 3. The second kappa shape index (κ2) is 6.69. The maximum Gasteiger partial charge on any atom is 0.163 e. The van der Waals surface area contributed by atoms with Crippen molar-refractivity contribution >= 4 is 34.0 Å². The predicted octanol–water partition coefficient (Wildman–Crippen LogP) is 5.54. The lowest BCUT2D eigenvalue weighted by Crippen LogP contribution is -2.00. The van der Waals surface area contributed by atoms with Gasteiger partial charge in [-0.3, -0.25) is 4.98 Å². The van der Waals surface area contributed by atoms with Gasteiger partial charge >= 0.3 is 0 Å². The van der Waals surface area contributed by atoms with Gasteiger partial charge in [0.15, 0.2) is 5.82 Å². The van der Waals surface area contributed by atoms with Crippen LogP contribution in [0, 0.1) is 12.7 Å². The van der Waals surface area contributed by atoms with E-state index in [1.54, 1.807) is 18.5 Å². The van der Waals surface area contributed by atoms with Gasteiger partial charge in [-0.2, -0.15) is 0 Å². The molecule has 0 fully saturated rings. The molecule has 4 nitrogen and oxygen atoms in total. The Balaban J connectivity index is 1.87. The van der Waals surface area contributed by atoms with Crippen LogP contribution in [0.1, 0.15) is 5.56 Å². The van der Waals surface area contributed by atoms with Crippen molar-refractivity contribution < 1.29 is 4.39 Å². The van der Waals surface area contributed by atoms with Gasteiger partial charge in [0.25, 0.3) is 0 Å². The molecule has 0 unspecified atom stereocenters. The predicted molar refractivity (Wildman–Crippen MR) is 102 cm³/mol. The molecule has 0 atom stereocenters. The zero-order valence-corrected chi connectivity index (χ0v) is 14.6. The lowest BCUT2D eigenvalue weighted by Gasteiger charge is -2.12. The Labute approximate surface area is 154 Å². The van der Waals surface area contributed by atoms with Crippen LogP contribution in [0.4, 0.5) is 15.9 Å². The highest BCUT2D eigenvalue weighted by molar-refractivity contribution is 6.31. The molecule has 0 saturated heterocycles. The van der Waals surface area contributed by atoms with Gasteiger partial charge in [-0.15, -0.1) is 0 Å². The Bertz CT molecular complexity index is 1100. The molecule has 1 N–H and O–H groups in total. The fourth-order valence-electron chi connectivity index (χ4n) is 2.67. The van der Waals surface area contributed by atoms with Crippen LogP contribution < -0.4 is 5.32 Å². The molecule has 2 aromatic carbocycles. The summed E-state index contributed by atoms with van der Waals surface area (Å²) in [6, 6.07) is 14.2. The number of aryl methyl sites for hydroxylation is 1. The number of hydrogen-bond acceptors (Lipinski definition) is 4. The molecule has 128 valence electrons. The number of halogens is 2. The average molecular weight is 365 g/mol. The van der Waals surface area contributed by atoms with Crippen molar-refractivity contribution in [1.29, 1.82) is 0 Å².